The summed E-state index contributed by atoms with van der Waals surface area (Å²) in [5.41, 5.74) is 4.94. The molecule has 5 heteroatoms. The van der Waals surface area contributed by atoms with E-state index < -0.39 is 5.97 Å². The van der Waals surface area contributed by atoms with Gasteiger partial charge in [0.1, 0.15) is 5.01 Å². The highest BCUT2D eigenvalue weighted by Gasteiger charge is 2.11. The summed E-state index contributed by atoms with van der Waals surface area (Å²) in [5, 5.41) is 12.4. The van der Waals surface area contributed by atoms with E-state index in [0.29, 0.717) is 0 Å². The van der Waals surface area contributed by atoms with Crippen LogP contribution in [-0.4, -0.2) is 16.1 Å². The van der Waals surface area contributed by atoms with Crippen LogP contribution in [0.25, 0.3) is 33.0 Å². The van der Waals surface area contributed by atoms with Crippen molar-refractivity contribution in [3.8, 4) is 33.0 Å². The number of aromatic carboxylic acids is 1. The first-order valence-corrected chi connectivity index (χ1v) is 9.52. The van der Waals surface area contributed by atoms with E-state index in [4.69, 9.17) is 21.7 Å². The third kappa shape index (κ3) is 3.63. The average Bonchev–Trinajstić information content (AvgIpc) is 3.19. The van der Waals surface area contributed by atoms with Gasteiger partial charge in [-0.15, -0.1) is 11.3 Å². The summed E-state index contributed by atoms with van der Waals surface area (Å²) in [4.78, 5) is 15.9. The second-order valence-corrected chi connectivity index (χ2v) is 7.25. The van der Waals surface area contributed by atoms with Crippen LogP contribution >= 0.6 is 22.9 Å². The van der Waals surface area contributed by atoms with Gasteiger partial charge >= 0.3 is 5.97 Å². The lowest BCUT2D eigenvalue weighted by Gasteiger charge is -2.06. The summed E-state index contributed by atoms with van der Waals surface area (Å²) >= 11 is 7.72. The van der Waals surface area contributed by atoms with Crippen molar-refractivity contribution in [2.45, 2.75) is 0 Å². The molecule has 0 aliphatic carbocycles. The number of halogens is 1. The Hall–Kier alpha value is -2.95. The second-order valence-electron chi connectivity index (χ2n) is 5.98. The molecule has 0 bridgehead atoms. The van der Waals surface area contributed by atoms with Gasteiger partial charge in [-0.2, -0.15) is 0 Å². The van der Waals surface area contributed by atoms with Gasteiger partial charge in [-0.1, -0.05) is 66.2 Å². The van der Waals surface area contributed by atoms with Crippen LogP contribution in [0.1, 0.15) is 10.4 Å². The van der Waals surface area contributed by atoms with Crippen LogP contribution < -0.4 is 0 Å². The lowest BCUT2D eigenvalue weighted by atomic mass is 10.0. The molecular weight excluding hydrogens is 378 g/mol. The predicted molar refractivity (Wildman–Crippen MR) is 110 cm³/mol. The second kappa shape index (κ2) is 7.35. The highest BCUT2D eigenvalue weighted by molar-refractivity contribution is 7.13. The van der Waals surface area contributed by atoms with Gasteiger partial charge in [-0.3, -0.25) is 0 Å². The first-order valence-electron chi connectivity index (χ1n) is 8.26. The smallest absolute Gasteiger partial charge is 0.337 e. The maximum Gasteiger partial charge on any atom is 0.337 e. The maximum absolute atomic E-state index is 11.1. The van der Waals surface area contributed by atoms with Gasteiger partial charge < -0.3 is 5.11 Å². The van der Waals surface area contributed by atoms with Crippen LogP contribution in [0.2, 0.25) is 5.02 Å². The van der Waals surface area contributed by atoms with Crippen molar-refractivity contribution in [1.29, 1.82) is 0 Å². The number of aromatic nitrogens is 1. The fourth-order valence-electron chi connectivity index (χ4n) is 2.85. The number of hydrogen-bond acceptors (Lipinski definition) is 3. The van der Waals surface area contributed by atoms with E-state index in [1.807, 2.05) is 60.0 Å². The lowest BCUT2D eigenvalue weighted by Crippen LogP contribution is -1.97. The SMILES string of the molecule is O=C(O)c1ccc(-c2cccc(-c3csc(-c4ccccc4)n3)c2)cc1Cl. The molecule has 0 spiro atoms. The number of carboxylic acids is 1. The van der Waals surface area contributed by atoms with E-state index in [2.05, 4.69) is 0 Å². The van der Waals surface area contributed by atoms with E-state index >= 15 is 0 Å². The Morgan fingerprint density at radius 2 is 1.56 bits per heavy atom. The van der Waals surface area contributed by atoms with Crippen molar-refractivity contribution in [2.75, 3.05) is 0 Å². The summed E-state index contributed by atoms with van der Waals surface area (Å²) in [6.45, 7) is 0. The topological polar surface area (TPSA) is 50.2 Å². The largest absolute Gasteiger partial charge is 0.478 e. The standard InChI is InChI=1S/C22H14ClNO2S/c23-19-12-16(9-10-18(19)22(25)26)15-7-4-8-17(11-15)20-13-27-21(24-20)14-5-2-1-3-6-14/h1-13H,(H,25,26). The summed E-state index contributed by atoms with van der Waals surface area (Å²) in [5.74, 6) is -1.03. The van der Waals surface area contributed by atoms with Gasteiger partial charge in [0.15, 0.2) is 0 Å². The number of thiazole rings is 1. The molecule has 0 radical (unpaired) electrons. The lowest BCUT2D eigenvalue weighted by molar-refractivity contribution is 0.0697. The summed E-state index contributed by atoms with van der Waals surface area (Å²) in [6, 6.07) is 23.1. The molecule has 0 saturated carbocycles. The Labute approximate surface area is 165 Å². The molecule has 1 heterocycles. The molecule has 0 aliphatic heterocycles. The van der Waals surface area contributed by atoms with Crippen LogP contribution in [0.5, 0.6) is 0 Å². The van der Waals surface area contributed by atoms with Crippen molar-refractivity contribution in [1.82, 2.24) is 4.98 Å². The molecule has 0 saturated heterocycles. The predicted octanol–water partition coefficient (Wildman–Crippen LogP) is 6.50. The van der Waals surface area contributed by atoms with Gasteiger partial charge in [0, 0.05) is 16.5 Å². The van der Waals surface area contributed by atoms with Crippen LogP contribution in [0.15, 0.2) is 78.2 Å². The third-order valence-corrected chi connectivity index (χ3v) is 5.42. The Bertz CT molecular complexity index is 1120. The van der Waals surface area contributed by atoms with Crippen molar-refractivity contribution >= 4 is 28.9 Å². The zero-order valence-electron chi connectivity index (χ0n) is 14.1. The molecule has 0 aliphatic rings. The minimum Gasteiger partial charge on any atom is -0.478 e. The van der Waals surface area contributed by atoms with Gasteiger partial charge in [0.2, 0.25) is 0 Å². The van der Waals surface area contributed by atoms with Crippen molar-refractivity contribution in [3.05, 3.63) is 88.8 Å². The summed E-state index contributed by atoms with van der Waals surface area (Å²) < 4.78 is 0. The minimum absolute atomic E-state index is 0.101. The zero-order chi connectivity index (χ0) is 18.8. The molecule has 27 heavy (non-hydrogen) atoms. The first kappa shape index (κ1) is 17.5. The van der Waals surface area contributed by atoms with Gasteiger partial charge in [0.25, 0.3) is 0 Å². The Kier molecular flexibility index (Phi) is 4.75. The molecular formula is C22H14ClNO2S. The Morgan fingerprint density at radius 1 is 0.852 bits per heavy atom. The molecule has 3 aromatic carbocycles. The van der Waals surface area contributed by atoms with Gasteiger partial charge in [-0.05, 0) is 29.3 Å². The van der Waals surface area contributed by atoms with Gasteiger partial charge in [0.05, 0.1) is 16.3 Å². The van der Waals surface area contributed by atoms with Crippen LogP contribution in [0.4, 0.5) is 0 Å². The van der Waals surface area contributed by atoms with E-state index in [0.717, 1.165) is 33.0 Å². The maximum atomic E-state index is 11.1. The van der Waals surface area contributed by atoms with Crippen LogP contribution in [0.3, 0.4) is 0 Å². The van der Waals surface area contributed by atoms with Crippen LogP contribution in [-0.2, 0) is 0 Å². The normalized spacial score (nSPS) is 10.7. The van der Waals surface area contributed by atoms with Crippen molar-refractivity contribution < 1.29 is 9.90 Å². The van der Waals surface area contributed by atoms with Gasteiger partial charge in [-0.25, -0.2) is 9.78 Å². The highest BCUT2D eigenvalue weighted by atomic mass is 35.5. The molecule has 132 valence electrons. The zero-order valence-corrected chi connectivity index (χ0v) is 15.7. The summed E-state index contributed by atoms with van der Waals surface area (Å²) in [6.07, 6.45) is 0. The minimum atomic E-state index is -1.03. The quantitative estimate of drug-likeness (QED) is 0.432. The number of nitrogens with zero attached hydrogens (tertiary/aromatic N) is 1. The Balaban J connectivity index is 1.68. The van der Waals surface area contributed by atoms with Crippen LogP contribution in [0, 0.1) is 0 Å². The van der Waals surface area contributed by atoms with E-state index in [9.17, 15) is 4.79 Å². The monoisotopic (exact) mass is 391 g/mol. The molecule has 0 unspecified atom stereocenters. The third-order valence-electron chi connectivity index (χ3n) is 4.22. The molecule has 4 rings (SSSR count). The molecule has 1 N–H and O–H groups in total. The molecule has 3 nitrogen and oxygen atoms in total. The Morgan fingerprint density at radius 3 is 2.30 bits per heavy atom. The number of benzene rings is 3. The number of hydrogen-bond donors (Lipinski definition) is 1. The molecule has 4 aromatic rings. The number of rotatable bonds is 4. The van der Waals surface area contributed by atoms with Crippen molar-refractivity contribution in [3.63, 3.8) is 0 Å². The first-order chi connectivity index (χ1) is 13.1. The summed E-state index contributed by atoms with van der Waals surface area (Å²) in [7, 11) is 0. The highest BCUT2D eigenvalue weighted by Crippen LogP contribution is 2.32. The average molecular weight is 392 g/mol. The van der Waals surface area contributed by atoms with E-state index in [1.165, 1.54) is 6.07 Å². The fraction of sp³-hybridized carbons (Fsp3) is 0. The number of carboxylic acid groups (broad SMARTS) is 1. The van der Waals surface area contributed by atoms with Crippen molar-refractivity contribution in [2.24, 2.45) is 0 Å². The molecule has 0 amide bonds. The van der Waals surface area contributed by atoms with E-state index in [-0.39, 0.29) is 10.6 Å². The number of carbonyl (C=O) groups is 1. The molecule has 0 fully saturated rings. The van der Waals surface area contributed by atoms with E-state index in [1.54, 1.807) is 23.5 Å². The molecule has 0 atom stereocenters. The molecule has 1 aromatic heterocycles. The fourth-order valence-corrected chi connectivity index (χ4v) is 3.94.